The van der Waals surface area contributed by atoms with E-state index in [2.05, 4.69) is 0 Å². The zero-order chi connectivity index (χ0) is 22.8. The third-order valence-electron chi connectivity index (χ3n) is 5.21. The molecule has 0 aliphatic carbocycles. The third kappa shape index (κ3) is 4.95. The molecule has 0 aromatic heterocycles. The maximum absolute atomic E-state index is 13.2. The second kappa shape index (κ2) is 8.91. The SMILES string of the molecule is CCOC(=O)C1=C(C)N(Cc2ccc(F)cc2)C(=O)C[C@@H]1c1ccc(C(F)(F)F)cc1. The quantitative estimate of drug-likeness (QED) is 0.479. The van der Waals surface area contributed by atoms with E-state index >= 15 is 0 Å². The van der Waals surface area contributed by atoms with Crippen LogP contribution in [0.1, 0.15) is 42.9 Å². The molecular weight excluding hydrogens is 414 g/mol. The van der Waals surface area contributed by atoms with Gasteiger partial charge in [-0.15, -0.1) is 0 Å². The summed E-state index contributed by atoms with van der Waals surface area (Å²) in [5, 5.41) is 0. The molecule has 4 nitrogen and oxygen atoms in total. The van der Waals surface area contributed by atoms with Crippen molar-refractivity contribution in [2.24, 2.45) is 0 Å². The predicted octanol–water partition coefficient (Wildman–Crippen LogP) is 5.20. The number of esters is 1. The summed E-state index contributed by atoms with van der Waals surface area (Å²) in [5.41, 5.74) is 0.873. The molecular formula is C23H21F4NO3. The minimum atomic E-state index is -4.48. The number of allylic oxidation sites excluding steroid dienone is 1. The zero-order valence-corrected chi connectivity index (χ0v) is 17.0. The van der Waals surface area contributed by atoms with Gasteiger partial charge >= 0.3 is 12.1 Å². The van der Waals surface area contributed by atoms with Crippen LogP contribution < -0.4 is 0 Å². The first kappa shape index (κ1) is 22.5. The topological polar surface area (TPSA) is 46.6 Å². The lowest BCUT2D eigenvalue weighted by atomic mass is 9.83. The van der Waals surface area contributed by atoms with Crippen LogP contribution in [0.25, 0.3) is 0 Å². The zero-order valence-electron chi connectivity index (χ0n) is 17.0. The highest BCUT2D eigenvalue weighted by atomic mass is 19.4. The highest BCUT2D eigenvalue weighted by molar-refractivity contribution is 5.95. The Morgan fingerprint density at radius 2 is 1.71 bits per heavy atom. The van der Waals surface area contributed by atoms with Gasteiger partial charge < -0.3 is 9.64 Å². The van der Waals surface area contributed by atoms with Crippen molar-refractivity contribution in [1.29, 1.82) is 0 Å². The highest BCUT2D eigenvalue weighted by Crippen LogP contribution is 2.39. The van der Waals surface area contributed by atoms with E-state index < -0.39 is 29.4 Å². The van der Waals surface area contributed by atoms with Crippen molar-refractivity contribution in [3.8, 4) is 0 Å². The Kier molecular flexibility index (Phi) is 6.48. The fourth-order valence-electron chi connectivity index (χ4n) is 3.64. The Hall–Kier alpha value is -3.16. The summed E-state index contributed by atoms with van der Waals surface area (Å²) < 4.78 is 57.1. The van der Waals surface area contributed by atoms with Gasteiger partial charge in [-0.1, -0.05) is 24.3 Å². The van der Waals surface area contributed by atoms with Gasteiger partial charge in [0.1, 0.15) is 5.82 Å². The van der Waals surface area contributed by atoms with Crippen LogP contribution in [0, 0.1) is 5.82 Å². The van der Waals surface area contributed by atoms with Crippen LogP contribution in [0.5, 0.6) is 0 Å². The third-order valence-corrected chi connectivity index (χ3v) is 5.21. The first-order valence-electron chi connectivity index (χ1n) is 9.71. The largest absolute Gasteiger partial charge is 0.463 e. The number of hydrogen-bond donors (Lipinski definition) is 0. The molecule has 0 radical (unpaired) electrons. The number of ether oxygens (including phenoxy) is 1. The fourth-order valence-corrected chi connectivity index (χ4v) is 3.64. The number of carbonyl (C=O) groups excluding carboxylic acids is 2. The standard InChI is InChI=1S/C23H21F4NO3/c1-3-31-22(30)21-14(2)28(13-15-4-10-18(24)11-5-15)20(29)12-19(21)16-6-8-17(9-7-16)23(25,26)27/h4-11,19H,3,12-13H2,1-2H3/t19-/m1/s1. The van der Waals surface area contributed by atoms with E-state index in [1.165, 1.54) is 29.2 Å². The average molecular weight is 435 g/mol. The van der Waals surface area contributed by atoms with Crippen LogP contribution >= 0.6 is 0 Å². The molecule has 0 fully saturated rings. The lowest BCUT2D eigenvalue weighted by Crippen LogP contribution is -2.38. The molecule has 1 aliphatic heterocycles. The van der Waals surface area contributed by atoms with Crippen LogP contribution in [-0.4, -0.2) is 23.4 Å². The maximum atomic E-state index is 13.2. The number of nitrogens with zero attached hydrogens (tertiary/aromatic N) is 1. The number of amides is 1. The van der Waals surface area contributed by atoms with Crippen molar-refractivity contribution >= 4 is 11.9 Å². The minimum Gasteiger partial charge on any atom is -0.463 e. The van der Waals surface area contributed by atoms with Crippen LogP contribution in [-0.2, 0) is 27.0 Å². The lowest BCUT2D eigenvalue weighted by molar-refractivity contribution is -0.140. The number of carbonyl (C=O) groups is 2. The van der Waals surface area contributed by atoms with E-state index in [9.17, 15) is 27.2 Å². The Morgan fingerprint density at radius 3 is 2.26 bits per heavy atom. The molecule has 0 spiro atoms. The normalized spacial score (nSPS) is 17.2. The molecule has 31 heavy (non-hydrogen) atoms. The molecule has 0 N–H and O–H groups in total. The summed E-state index contributed by atoms with van der Waals surface area (Å²) in [6, 6.07) is 10.1. The maximum Gasteiger partial charge on any atom is 0.416 e. The van der Waals surface area contributed by atoms with Gasteiger partial charge in [0, 0.05) is 18.0 Å². The van der Waals surface area contributed by atoms with E-state index in [4.69, 9.17) is 4.74 Å². The number of halogens is 4. The number of rotatable bonds is 5. The van der Waals surface area contributed by atoms with Crippen molar-refractivity contribution in [3.05, 3.63) is 82.3 Å². The van der Waals surface area contributed by atoms with Crippen molar-refractivity contribution in [3.63, 3.8) is 0 Å². The highest BCUT2D eigenvalue weighted by Gasteiger charge is 2.37. The first-order chi connectivity index (χ1) is 14.6. The van der Waals surface area contributed by atoms with E-state index in [0.29, 0.717) is 16.8 Å². The second-order valence-electron chi connectivity index (χ2n) is 7.20. The van der Waals surface area contributed by atoms with Crippen LogP contribution in [0.3, 0.4) is 0 Å². The molecule has 1 amide bonds. The second-order valence-corrected chi connectivity index (χ2v) is 7.20. The molecule has 8 heteroatoms. The number of benzene rings is 2. The summed E-state index contributed by atoms with van der Waals surface area (Å²) in [5.74, 6) is -2.05. The monoisotopic (exact) mass is 435 g/mol. The summed E-state index contributed by atoms with van der Waals surface area (Å²) >= 11 is 0. The van der Waals surface area contributed by atoms with Crippen LogP contribution in [0.15, 0.2) is 59.8 Å². The minimum absolute atomic E-state index is 0.0992. The molecule has 0 saturated heterocycles. The fraction of sp³-hybridized carbons (Fsp3) is 0.304. The Morgan fingerprint density at radius 1 is 1.10 bits per heavy atom. The Labute approximate surface area is 177 Å². The van der Waals surface area contributed by atoms with Gasteiger partial charge in [0.2, 0.25) is 5.91 Å². The van der Waals surface area contributed by atoms with Gasteiger partial charge in [0.25, 0.3) is 0 Å². The summed E-state index contributed by atoms with van der Waals surface area (Å²) in [6.45, 7) is 3.49. The molecule has 2 aromatic rings. The molecule has 3 rings (SSSR count). The van der Waals surface area contributed by atoms with Crippen molar-refractivity contribution in [2.45, 2.75) is 38.9 Å². The van der Waals surface area contributed by atoms with Gasteiger partial charge in [-0.05, 0) is 49.2 Å². The molecule has 164 valence electrons. The smallest absolute Gasteiger partial charge is 0.416 e. The van der Waals surface area contributed by atoms with E-state index in [1.54, 1.807) is 26.0 Å². The van der Waals surface area contributed by atoms with Gasteiger partial charge in [-0.3, -0.25) is 4.79 Å². The summed E-state index contributed by atoms with van der Waals surface area (Å²) in [4.78, 5) is 27.0. The first-order valence-corrected chi connectivity index (χ1v) is 9.71. The molecule has 1 atom stereocenters. The van der Waals surface area contributed by atoms with Crippen LogP contribution in [0.2, 0.25) is 0 Å². The van der Waals surface area contributed by atoms with Crippen molar-refractivity contribution in [1.82, 2.24) is 4.90 Å². The predicted molar refractivity (Wildman–Crippen MR) is 105 cm³/mol. The average Bonchev–Trinajstić information content (AvgIpc) is 2.71. The molecule has 1 heterocycles. The van der Waals surface area contributed by atoms with Gasteiger partial charge in [0.15, 0.2) is 0 Å². The molecule has 0 saturated carbocycles. The molecule has 1 aliphatic rings. The van der Waals surface area contributed by atoms with Crippen molar-refractivity contribution < 1.29 is 31.9 Å². The Bertz CT molecular complexity index is 995. The van der Waals surface area contributed by atoms with Gasteiger partial charge in [-0.2, -0.15) is 13.2 Å². The summed E-state index contributed by atoms with van der Waals surface area (Å²) in [6.07, 6.45) is -4.58. The van der Waals surface area contributed by atoms with E-state index in [1.807, 2.05) is 0 Å². The lowest BCUT2D eigenvalue weighted by Gasteiger charge is -2.34. The molecule has 0 unspecified atom stereocenters. The molecule has 0 bridgehead atoms. The summed E-state index contributed by atoms with van der Waals surface area (Å²) in [7, 11) is 0. The van der Waals surface area contributed by atoms with Crippen LogP contribution in [0.4, 0.5) is 17.6 Å². The number of alkyl halides is 3. The Balaban J connectivity index is 2.00. The van der Waals surface area contributed by atoms with Gasteiger partial charge in [-0.25, -0.2) is 9.18 Å². The van der Waals surface area contributed by atoms with Crippen molar-refractivity contribution in [2.75, 3.05) is 6.61 Å². The molecule has 2 aromatic carbocycles. The number of hydrogen-bond acceptors (Lipinski definition) is 3. The van der Waals surface area contributed by atoms with Gasteiger partial charge in [0.05, 0.1) is 24.3 Å². The van der Waals surface area contributed by atoms with E-state index in [0.717, 1.165) is 12.1 Å². The van der Waals surface area contributed by atoms with E-state index in [-0.39, 0.29) is 31.1 Å².